The molecule has 1 aliphatic rings. The van der Waals surface area contributed by atoms with Crippen LogP contribution in [0.15, 0.2) is 18.3 Å². The first-order valence-corrected chi connectivity index (χ1v) is 3.71. The van der Waals surface area contributed by atoms with Crippen molar-refractivity contribution in [2.24, 2.45) is 0 Å². The number of carbonyl (C=O) groups is 1. The standard InChI is InChI=1S/C7H8N4O/c12-7-8-4-5-11(7)6-2-1-3-9-10-6/h1-3H,4-5H2,(H,8,12). The number of nitrogens with one attached hydrogen (secondary N) is 1. The Kier molecular flexibility index (Phi) is 1.62. The minimum absolute atomic E-state index is 0.101. The van der Waals surface area contributed by atoms with Crippen LogP contribution in [-0.4, -0.2) is 29.3 Å². The fourth-order valence-corrected chi connectivity index (χ4v) is 1.13. The fourth-order valence-electron chi connectivity index (χ4n) is 1.13. The maximum Gasteiger partial charge on any atom is 0.323 e. The number of aromatic nitrogens is 2. The second-order valence-corrected chi connectivity index (χ2v) is 2.47. The van der Waals surface area contributed by atoms with Crippen LogP contribution >= 0.6 is 0 Å². The molecule has 5 heteroatoms. The molecule has 2 rings (SSSR count). The Labute approximate surface area is 69.4 Å². The molecule has 12 heavy (non-hydrogen) atoms. The largest absolute Gasteiger partial charge is 0.336 e. The van der Waals surface area contributed by atoms with E-state index in [0.717, 1.165) is 0 Å². The van der Waals surface area contributed by atoms with Crippen molar-refractivity contribution in [3.8, 4) is 0 Å². The summed E-state index contributed by atoms with van der Waals surface area (Å²) in [5.41, 5.74) is 0. The van der Waals surface area contributed by atoms with Crippen molar-refractivity contribution in [3.05, 3.63) is 18.3 Å². The van der Waals surface area contributed by atoms with E-state index in [1.54, 1.807) is 23.2 Å². The van der Waals surface area contributed by atoms with Gasteiger partial charge in [0.05, 0.1) is 0 Å². The van der Waals surface area contributed by atoms with E-state index in [1.807, 2.05) is 0 Å². The smallest absolute Gasteiger partial charge is 0.323 e. The quantitative estimate of drug-likeness (QED) is 0.635. The highest BCUT2D eigenvalue weighted by Crippen LogP contribution is 2.09. The summed E-state index contributed by atoms with van der Waals surface area (Å²) in [6, 6.07) is 3.42. The Morgan fingerprint density at radius 3 is 3.08 bits per heavy atom. The Bertz CT molecular complexity index is 287. The zero-order valence-electron chi connectivity index (χ0n) is 6.40. The molecule has 1 N–H and O–H groups in total. The van der Waals surface area contributed by atoms with Crippen LogP contribution in [0.25, 0.3) is 0 Å². The summed E-state index contributed by atoms with van der Waals surface area (Å²) in [5.74, 6) is 0.604. The van der Waals surface area contributed by atoms with Gasteiger partial charge in [0.1, 0.15) is 0 Å². The third-order valence-corrected chi connectivity index (χ3v) is 1.69. The maximum absolute atomic E-state index is 11.1. The number of nitrogens with zero attached hydrogens (tertiary/aromatic N) is 3. The minimum atomic E-state index is -0.101. The summed E-state index contributed by atoms with van der Waals surface area (Å²) in [6.45, 7) is 1.34. The lowest BCUT2D eigenvalue weighted by molar-refractivity contribution is 0.252. The van der Waals surface area contributed by atoms with E-state index in [1.165, 1.54) is 0 Å². The van der Waals surface area contributed by atoms with Gasteiger partial charge in [0.25, 0.3) is 0 Å². The van der Waals surface area contributed by atoms with E-state index in [4.69, 9.17) is 0 Å². The van der Waals surface area contributed by atoms with Crippen molar-refractivity contribution >= 4 is 11.8 Å². The van der Waals surface area contributed by atoms with Crippen LogP contribution in [0.5, 0.6) is 0 Å². The van der Waals surface area contributed by atoms with E-state index < -0.39 is 0 Å². The van der Waals surface area contributed by atoms with Crippen molar-refractivity contribution in [1.82, 2.24) is 15.5 Å². The van der Waals surface area contributed by atoms with E-state index in [0.29, 0.717) is 18.9 Å². The fraction of sp³-hybridized carbons (Fsp3) is 0.286. The molecule has 1 aliphatic heterocycles. The summed E-state index contributed by atoms with van der Waals surface area (Å²) < 4.78 is 0. The molecule has 2 amide bonds. The van der Waals surface area contributed by atoms with E-state index in [9.17, 15) is 4.79 Å². The number of hydrogen-bond donors (Lipinski definition) is 1. The predicted molar refractivity (Wildman–Crippen MR) is 42.8 cm³/mol. The number of carbonyl (C=O) groups excluding carboxylic acids is 1. The second-order valence-electron chi connectivity index (χ2n) is 2.47. The lowest BCUT2D eigenvalue weighted by atomic mass is 10.5. The van der Waals surface area contributed by atoms with Crippen molar-refractivity contribution in [2.45, 2.75) is 0 Å². The molecule has 0 aliphatic carbocycles. The Hall–Kier alpha value is -1.65. The van der Waals surface area contributed by atoms with Crippen LogP contribution in [0.4, 0.5) is 10.6 Å². The summed E-state index contributed by atoms with van der Waals surface area (Å²) in [4.78, 5) is 12.7. The number of rotatable bonds is 1. The van der Waals surface area contributed by atoms with Gasteiger partial charge in [-0.1, -0.05) is 0 Å². The maximum atomic E-state index is 11.1. The Morgan fingerprint density at radius 2 is 2.50 bits per heavy atom. The third-order valence-electron chi connectivity index (χ3n) is 1.69. The van der Waals surface area contributed by atoms with Gasteiger partial charge in [0.2, 0.25) is 0 Å². The second kappa shape index (κ2) is 2.77. The van der Waals surface area contributed by atoms with Crippen LogP contribution in [0, 0.1) is 0 Å². The van der Waals surface area contributed by atoms with E-state index >= 15 is 0 Å². The lowest BCUT2D eigenvalue weighted by Gasteiger charge is -2.10. The van der Waals surface area contributed by atoms with Gasteiger partial charge in [0, 0.05) is 19.3 Å². The number of hydrogen-bond acceptors (Lipinski definition) is 3. The average molecular weight is 164 g/mol. The molecule has 1 aromatic rings. The van der Waals surface area contributed by atoms with Crippen molar-refractivity contribution in [2.75, 3.05) is 18.0 Å². The average Bonchev–Trinajstić information content (AvgIpc) is 2.53. The van der Waals surface area contributed by atoms with Crippen LogP contribution < -0.4 is 10.2 Å². The predicted octanol–water partition coefficient (Wildman–Crippen LogP) is 0.00620. The molecule has 1 fully saturated rings. The minimum Gasteiger partial charge on any atom is -0.336 e. The number of anilines is 1. The molecule has 0 unspecified atom stereocenters. The first-order chi connectivity index (χ1) is 5.88. The van der Waals surface area contributed by atoms with E-state index in [2.05, 4.69) is 15.5 Å². The summed E-state index contributed by atoms with van der Waals surface area (Å²) in [6.07, 6.45) is 1.58. The molecule has 2 heterocycles. The number of urea groups is 1. The van der Waals surface area contributed by atoms with Crippen molar-refractivity contribution in [3.63, 3.8) is 0 Å². The molecule has 0 radical (unpaired) electrons. The summed E-state index contributed by atoms with van der Waals surface area (Å²) >= 11 is 0. The summed E-state index contributed by atoms with van der Waals surface area (Å²) in [5, 5.41) is 10.2. The molecule has 5 nitrogen and oxygen atoms in total. The van der Waals surface area contributed by atoms with Crippen molar-refractivity contribution in [1.29, 1.82) is 0 Å². The zero-order chi connectivity index (χ0) is 8.39. The highest BCUT2D eigenvalue weighted by Gasteiger charge is 2.21. The molecule has 0 atom stereocenters. The summed E-state index contributed by atoms with van der Waals surface area (Å²) in [7, 11) is 0. The van der Waals surface area contributed by atoms with Crippen molar-refractivity contribution < 1.29 is 4.79 Å². The molecule has 0 aromatic carbocycles. The molecule has 0 spiro atoms. The van der Waals surface area contributed by atoms with E-state index in [-0.39, 0.29) is 6.03 Å². The van der Waals surface area contributed by atoms with Crippen LogP contribution in [0.3, 0.4) is 0 Å². The van der Waals surface area contributed by atoms with Gasteiger partial charge in [-0.25, -0.2) is 4.79 Å². The number of amides is 2. The highest BCUT2D eigenvalue weighted by atomic mass is 16.2. The molecule has 62 valence electrons. The van der Waals surface area contributed by atoms with Crippen LogP contribution in [0.1, 0.15) is 0 Å². The first-order valence-electron chi connectivity index (χ1n) is 3.71. The zero-order valence-corrected chi connectivity index (χ0v) is 6.40. The molecule has 0 bridgehead atoms. The molecule has 1 saturated heterocycles. The molecule has 1 aromatic heterocycles. The topological polar surface area (TPSA) is 58.1 Å². The third kappa shape index (κ3) is 1.09. The Morgan fingerprint density at radius 1 is 1.58 bits per heavy atom. The van der Waals surface area contributed by atoms with Crippen LogP contribution in [-0.2, 0) is 0 Å². The Balaban J connectivity index is 2.25. The van der Waals surface area contributed by atoms with Crippen LogP contribution in [0.2, 0.25) is 0 Å². The van der Waals surface area contributed by atoms with Gasteiger partial charge in [-0.05, 0) is 12.1 Å². The molecule has 0 saturated carbocycles. The normalized spacial score (nSPS) is 16.3. The van der Waals surface area contributed by atoms with Gasteiger partial charge in [0.15, 0.2) is 5.82 Å². The molecular formula is C7H8N4O. The van der Waals surface area contributed by atoms with Gasteiger partial charge in [-0.15, -0.1) is 5.10 Å². The first kappa shape index (κ1) is 7.02. The lowest BCUT2D eigenvalue weighted by Crippen LogP contribution is -2.28. The van der Waals surface area contributed by atoms with Gasteiger partial charge in [-0.2, -0.15) is 5.10 Å². The van der Waals surface area contributed by atoms with Gasteiger partial charge in [-0.3, -0.25) is 4.90 Å². The monoisotopic (exact) mass is 164 g/mol. The van der Waals surface area contributed by atoms with Gasteiger partial charge >= 0.3 is 6.03 Å². The molecular weight excluding hydrogens is 156 g/mol. The SMILES string of the molecule is O=C1NCCN1c1cccnn1. The van der Waals surface area contributed by atoms with Gasteiger partial charge < -0.3 is 5.32 Å². The highest BCUT2D eigenvalue weighted by molar-refractivity contribution is 5.92.